The van der Waals surface area contributed by atoms with Crippen molar-refractivity contribution in [3.05, 3.63) is 42.1 Å². The average Bonchev–Trinajstić information content (AvgIpc) is 3.11. The molecule has 1 aliphatic rings. The van der Waals surface area contributed by atoms with Crippen LogP contribution < -0.4 is 10.2 Å². The number of hydrogen-bond acceptors (Lipinski definition) is 6. The fraction of sp³-hybridized carbons (Fsp3) is 0.524. The molecule has 152 valence electrons. The minimum Gasteiger partial charge on any atom is -0.444 e. The molecule has 0 unspecified atom stereocenters. The van der Waals surface area contributed by atoms with Gasteiger partial charge in [-0.05, 0) is 31.3 Å². The van der Waals surface area contributed by atoms with Gasteiger partial charge in [0.2, 0.25) is 11.8 Å². The third-order valence-electron chi connectivity index (χ3n) is 4.64. The average molecular weight is 386 g/mol. The van der Waals surface area contributed by atoms with Crippen molar-refractivity contribution < 1.29 is 13.9 Å². The number of ether oxygens (including phenoxy) is 1. The van der Waals surface area contributed by atoms with Crippen molar-refractivity contribution in [2.24, 2.45) is 0 Å². The molecule has 7 heteroatoms. The first-order valence-electron chi connectivity index (χ1n) is 9.67. The summed E-state index contributed by atoms with van der Waals surface area (Å²) in [5, 5.41) is 2.94. The van der Waals surface area contributed by atoms with Crippen molar-refractivity contribution in [1.29, 1.82) is 0 Å². The molecule has 0 bridgehead atoms. The van der Waals surface area contributed by atoms with Crippen LogP contribution in [0.25, 0.3) is 0 Å². The van der Waals surface area contributed by atoms with E-state index in [0.717, 1.165) is 43.4 Å². The molecule has 0 spiro atoms. The molecule has 1 aromatic carbocycles. The highest BCUT2D eigenvalue weighted by Crippen LogP contribution is 2.23. The maximum absolute atomic E-state index is 12.3. The first kappa shape index (κ1) is 20.4. The van der Waals surface area contributed by atoms with E-state index >= 15 is 0 Å². The largest absolute Gasteiger partial charge is 0.444 e. The van der Waals surface area contributed by atoms with Crippen LogP contribution >= 0.6 is 0 Å². The molecule has 2 aromatic rings. The van der Waals surface area contributed by atoms with E-state index in [1.54, 1.807) is 6.20 Å². The Kier molecular flexibility index (Phi) is 6.36. The molecule has 1 amide bonds. The summed E-state index contributed by atoms with van der Waals surface area (Å²) in [7, 11) is 1.88. The van der Waals surface area contributed by atoms with Crippen LogP contribution in [0.4, 0.5) is 11.4 Å². The van der Waals surface area contributed by atoms with Crippen molar-refractivity contribution in [2.45, 2.75) is 32.7 Å². The zero-order chi connectivity index (χ0) is 20.1. The first-order chi connectivity index (χ1) is 13.3. The predicted octanol–water partition coefficient (Wildman–Crippen LogP) is 2.88. The number of anilines is 2. The number of hydrogen-bond donors (Lipinski definition) is 1. The molecule has 0 atom stereocenters. The summed E-state index contributed by atoms with van der Waals surface area (Å²) in [4.78, 5) is 20.8. The second kappa shape index (κ2) is 8.75. The number of carbonyl (C=O) groups excluding carboxylic acids is 1. The lowest BCUT2D eigenvalue weighted by Crippen LogP contribution is -2.36. The second-order valence-electron chi connectivity index (χ2n) is 8.24. The number of amides is 1. The lowest BCUT2D eigenvalue weighted by atomic mass is 9.94. The van der Waals surface area contributed by atoms with Crippen LogP contribution in [0.2, 0.25) is 0 Å². The molecule has 7 nitrogen and oxygen atoms in total. The Morgan fingerprint density at radius 2 is 1.89 bits per heavy atom. The molecule has 0 radical (unpaired) electrons. The molecule has 0 saturated carbocycles. The van der Waals surface area contributed by atoms with Gasteiger partial charge in [-0.3, -0.25) is 9.69 Å². The zero-order valence-corrected chi connectivity index (χ0v) is 17.2. The van der Waals surface area contributed by atoms with Gasteiger partial charge >= 0.3 is 0 Å². The molecule has 1 N–H and O–H groups in total. The van der Waals surface area contributed by atoms with Crippen LogP contribution in [0.5, 0.6) is 0 Å². The van der Waals surface area contributed by atoms with Crippen molar-refractivity contribution in [3.63, 3.8) is 0 Å². The number of aromatic nitrogens is 1. The molecular formula is C21H30N4O3. The lowest BCUT2D eigenvalue weighted by molar-refractivity contribution is -0.117. The van der Waals surface area contributed by atoms with Crippen LogP contribution in [-0.4, -0.2) is 55.7 Å². The summed E-state index contributed by atoms with van der Waals surface area (Å²) in [6.45, 7) is 10.3. The van der Waals surface area contributed by atoms with E-state index in [9.17, 15) is 4.79 Å². The topological polar surface area (TPSA) is 70.8 Å². The highest BCUT2D eigenvalue weighted by Gasteiger charge is 2.20. The highest BCUT2D eigenvalue weighted by molar-refractivity contribution is 5.92. The van der Waals surface area contributed by atoms with E-state index in [4.69, 9.17) is 9.15 Å². The summed E-state index contributed by atoms with van der Waals surface area (Å²) in [5.41, 5.74) is 1.87. The maximum Gasteiger partial charge on any atom is 0.238 e. The standard InChI is InChI=1S/C21H30N4O3/c1-21(2,3)18-13-22-20(28-18)15-24(4)14-19(26)23-16-5-7-17(8-6-16)25-9-11-27-12-10-25/h5-8,13H,9-12,14-15H2,1-4H3,(H,23,26). The molecule has 1 saturated heterocycles. The fourth-order valence-corrected chi connectivity index (χ4v) is 3.04. The number of carbonyl (C=O) groups is 1. The van der Waals surface area contributed by atoms with E-state index in [0.29, 0.717) is 12.4 Å². The molecule has 1 aromatic heterocycles. The van der Waals surface area contributed by atoms with Gasteiger partial charge in [0.25, 0.3) is 0 Å². The van der Waals surface area contributed by atoms with Crippen molar-refractivity contribution >= 4 is 17.3 Å². The summed E-state index contributed by atoms with van der Waals surface area (Å²) < 4.78 is 11.2. The van der Waals surface area contributed by atoms with Gasteiger partial charge in [-0.1, -0.05) is 20.8 Å². The second-order valence-corrected chi connectivity index (χ2v) is 8.24. The monoisotopic (exact) mass is 386 g/mol. The molecule has 1 aliphatic heterocycles. The molecule has 1 fully saturated rings. The van der Waals surface area contributed by atoms with E-state index in [1.807, 2.05) is 36.2 Å². The van der Waals surface area contributed by atoms with Crippen molar-refractivity contribution in [1.82, 2.24) is 9.88 Å². The van der Waals surface area contributed by atoms with E-state index in [2.05, 4.69) is 36.0 Å². The Bertz CT molecular complexity index is 774. The van der Waals surface area contributed by atoms with Crippen LogP contribution in [0.1, 0.15) is 32.4 Å². The van der Waals surface area contributed by atoms with Crippen LogP contribution in [0.3, 0.4) is 0 Å². The van der Waals surface area contributed by atoms with E-state index in [1.165, 1.54) is 0 Å². The fourth-order valence-electron chi connectivity index (χ4n) is 3.04. The lowest BCUT2D eigenvalue weighted by Gasteiger charge is -2.28. The number of morpholine rings is 1. The number of benzene rings is 1. The van der Waals surface area contributed by atoms with Crippen molar-refractivity contribution in [3.8, 4) is 0 Å². The minimum absolute atomic E-state index is 0.0655. The molecule has 0 aliphatic carbocycles. The normalized spacial score (nSPS) is 15.1. The number of rotatable bonds is 6. The summed E-state index contributed by atoms with van der Waals surface area (Å²) in [5.74, 6) is 1.40. The van der Waals surface area contributed by atoms with Gasteiger partial charge in [0.15, 0.2) is 0 Å². The summed E-state index contributed by atoms with van der Waals surface area (Å²) >= 11 is 0. The highest BCUT2D eigenvalue weighted by atomic mass is 16.5. The van der Waals surface area contributed by atoms with Gasteiger partial charge in [0.05, 0.1) is 32.5 Å². The van der Waals surface area contributed by atoms with Crippen LogP contribution in [-0.2, 0) is 21.5 Å². The van der Waals surface area contributed by atoms with Gasteiger partial charge < -0.3 is 19.4 Å². The molecule has 3 rings (SSSR count). The first-order valence-corrected chi connectivity index (χ1v) is 9.67. The zero-order valence-electron chi connectivity index (χ0n) is 17.2. The van der Waals surface area contributed by atoms with E-state index < -0.39 is 0 Å². The van der Waals surface area contributed by atoms with Gasteiger partial charge in [-0.2, -0.15) is 0 Å². The number of nitrogens with zero attached hydrogens (tertiary/aromatic N) is 3. The Hall–Kier alpha value is -2.38. The maximum atomic E-state index is 12.3. The Balaban J connectivity index is 1.48. The SMILES string of the molecule is CN(CC(=O)Nc1ccc(N2CCOCC2)cc1)Cc1ncc(C(C)(C)C)o1. The van der Waals surface area contributed by atoms with E-state index in [-0.39, 0.29) is 17.9 Å². The Morgan fingerprint density at radius 3 is 2.50 bits per heavy atom. The smallest absolute Gasteiger partial charge is 0.238 e. The molecular weight excluding hydrogens is 356 g/mol. The number of oxazole rings is 1. The quantitative estimate of drug-likeness (QED) is 0.823. The third kappa shape index (κ3) is 5.56. The number of nitrogens with one attached hydrogen (secondary N) is 1. The van der Waals surface area contributed by atoms with Gasteiger partial charge in [-0.25, -0.2) is 4.98 Å². The number of likely N-dealkylation sites (N-methyl/N-ethyl adjacent to an activating group) is 1. The van der Waals surface area contributed by atoms with Gasteiger partial charge in [0, 0.05) is 29.9 Å². The third-order valence-corrected chi connectivity index (χ3v) is 4.64. The van der Waals surface area contributed by atoms with Crippen molar-refractivity contribution in [2.75, 3.05) is 50.1 Å². The van der Waals surface area contributed by atoms with Crippen LogP contribution in [0.15, 0.2) is 34.9 Å². The van der Waals surface area contributed by atoms with Gasteiger partial charge in [0.1, 0.15) is 5.76 Å². The Labute approximate surface area is 166 Å². The predicted molar refractivity (Wildman–Crippen MR) is 110 cm³/mol. The van der Waals surface area contributed by atoms with Crippen LogP contribution in [0, 0.1) is 0 Å². The Morgan fingerprint density at radius 1 is 1.21 bits per heavy atom. The summed E-state index contributed by atoms with van der Waals surface area (Å²) in [6, 6.07) is 7.94. The molecule has 2 heterocycles. The molecule has 28 heavy (non-hydrogen) atoms. The van der Waals surface area contributed by atoms with Gasteiger partial charge in [-0.15, -0.1) is 0 Å². The minimum atomic E-state index is -0.0748. The summed E-state index contributed by atoms with van der Waals surface area (Å²) in [6.07, 6.45) is 1.76.